The van der Waals surface area contributed by atoms with E-state index in [0.717, 1.165) is 12.1 Å². The third-order valence-electron chi connectivity index (χ3n) is 2.67. The summed E-state index contributed by atoms with van der Waals surface area (Å²) in [6, 6.07) is 3.10. The van der Waals surface area contributed by atoms with E-state index in [9.17, 15) is 22.4 Å². The smallest absolute Gasteiger partial charge is 0.250 e. The van der Waals surface area contributed by atoms with E-state index in [4.69, 9.17) is 11.5 Å². The van der Waals surface area contributed by atoms with E-state index in [1.165, 1.54) is 0 Å². The lowest BCUT2D eigenvalue weighted by atomic mass is 10.1. The number of nitrogens with one attached hydrogen (secondary N) is 1. The molecule has 110 valence electrons. The molecule has 5 N–H and O–H groups in total. The fraction of sp³-hybridized carbons (Fsp3) is 0. The minimum atomic E-state index is -1.64. The molecule has 0 aromatic heterocycles. The van der Waals surface area contributed by atoms with Gasteiger partial charge in [-0.2, -0.15) is 0 Å². The molecule has 0 saturated heterocycles. The van der Waals surface area contributed by atoms with Crippen molar-refractivity contribution in [3.05, 3.63) is 53.1 Å². The lowest BCUT2D eigenvalue weighted by Gasteiger charge is -2.11. The third-order valence-corrected chi connectivity index (χ3v) is 2.67. The van der Waals surface area contributed by atoms with Crippen LogP contribution in [0.4, 0.5) is 34.6 Å². The standard InChI is InChI=1S/C13H9F4N3O/c14-7-4-10(18)6(13(19)21)3-11(7)20-5-1-8(15)12(17)9(16)2-5/h1-4,20H,18H2,(H2,19,21). The number of rotatable bonds is 3. The number of primary amides is 1. The second kappa shape index (κ2) is 5.31. The zero-order valence-electron chi connectivity index (χ0n) is 10.4. The number of carbonyl (C=O) groups is 1. The van der Waals surface area contributed by atoms with Crippen LogP contribution in [0.2, 0.25) is 0 Å². The highest BCUT2D eigenvalue weighted by atomic mass is 19.2. The first kappa shape index (κ1) is 14.6. The molecule has 0 spiro atoms. The lowest BCUT2D eigenvalue weighted by Crippen LogP contribution is -2.14. The quantitative estimate of drug-likeness (QED) is 0.463. The number of anilines is 3. The van der Waals surface area contributed by atoms with E-state index >= 15 is 0 Å². The van der Waals surface area contributed by atoms with Gasteiger partial charge in [0.15, 0.2) is 17.5 Å². The first-order valence-corrected chi connectivity index (χ1v) is 5.60. The van der Waals surface area contributed by atoms with Gasteiger partial charge in [-0.3, -0.25) is 4.79 Å². The summed E-state index contributed by atoms with van der Waals surface area (Å²) in [6.45, 7) is 0. The molecule has 21 heavy (non-hydrogen) atoms. The molecular formula is C13H9F4N3O. The summed E-state index contributed by atoms with van der Waals surface area (Å²) in [6.07, 6.45) is 0. The van der Waals surface area contributed by atoms with E-state index in [0.29, 0.717) is 12.1 Å². The zero-order chi connectivity index (χ0) is 15.7. The summed E-state index contributed by atoms with van der Waals surface area (Å²) >= 11 is 0. The van der Waals surface area contributed by atoms with Crippen molar-refractivity contribution in [1.82, 2.24) is 0 Å². The van der Waals surface area contributed by atoms with Crippen LogP contribution < -0.4 is 16.8 Å². The van der Waals surface area contributed by atoms with Crippen molar-refractivity contribution < 1.29 is 22.4 Å². The summed E-state index contributed by atoms with van der Waals surface area (Å²) in [5.41, 5.74) is 9.59. The zero-order valence-corrected chi connectivity index (χ0v) is 10.4. The van der Waals surface area contributed by atoms with Gasteiger partial charge in [-0.1, -0.05) is 0 Å². The molecule has 0 heterocycles. The molecule has 2 aromatic rings. The topological polar surface area (TPSA) is 81.1 Å². The highest BCUT2D eigenvalue weighted by molar-refractivity contribution is 5.99. The summed E-state index contributed by atoms with van der Waals surface area (Å²) < 4.78 is 52.7. The molecule has 0 bridgehead atoms. The summed E-state index contributed by atoms with van der Waals surface area (Å²) in [5, 5.41) is 2.32. The Morgan fingerprint density at radius 1 is 0.952 bits per heavy atom. The van der Waals surface area contributed by atoms with Crippen LogP contribution in [0.15, 0.2) is 24.3 Å². The van der Waals surface area contributed by atoms with Gasteiger partial charge in [0.25, 0.3) is 5.91 Å². The van der Waals surface area contributed by atoms with Gasteiger partial charge in [-0.15, -0.1) is 0 Å². The molecule has 4 nitrogen and oxygen atoms in total. The van der Waals surface area contributed by atoms with Crippen LogP contribution in [-0.4, -0.2) is 5.91 Å². The first-order chi connectivity index (χ1) is 9.79. The van der Waals surface area contributed by atoms with E-state index < -0.39 is 29.2 Å². The number of benzene rings is 2. The van der Waals surface area contributed by atoms with E-state index in [1.807, 2.05) is 0 Å². The van der Waals surface area contributed by atoms with E-state index in [2.05, 4.69) is 5.32 Å². The average molecular weight is 299 g/mol. The Labute approximate surface area is 116 Å². The molecule has 0 unspecified atom stereocenters. The Morgan fingerprint density at radius 3 is 2.05 bits per heavy atom. The van der Waals surface area contributed by atoms with E-state index in [1.54, 1.807) is 0 Å². The Morgan fingerprint density at radius 2 is 1.52 bits per heavy atom. The Bertz CT molecular complexity index is 711. The molecule has 0 atom stereocenters. The number of amides is 1. The van der Waals surface area contributed by atoms with Crippen LogP contribution in [0.3, 0.4) is 0 Å². The predicted octanol–water partition coefficient (Wildman–Crippen LogP) is 2.67. The minimum absolute atomic E-state index is 0.165. The highest BCUT2D eigenvalue weighted by Gasteiger charge is 2.14. The molecule has 2 aromatic carbocycles. The Balaban J connectivity index is 2.44. The van der Waals surface area contributed by atoms with Gasteiger partial charge in [0.1, 0.15) is 5.82 Å². The first-order valence-electron chi connectivity index (χ1n) is 5.60. The SMILES string of the molecule is NC(=O)c1cc(Nc2cc(F)c(F)c(F)c2)c(F)cc1N. The van der Waals surface area contributed by atoms with Crippen molar-refractivity contribution in [2.24, 2.45) is 5.73 Å². The van der Waals surface area contributed by atoms with Crippen molar-refractivity contribution >= 4 is 23.0 Å². The number of carbonyl (C=O) groups excluding carboxylic acids is 1. The van der Waals surface area contributed by atoms with Gasteiger partial charge in [0.05, 0.1) is 11.3 Å². The van der Waals surface area contributed by atoms with Gasteiger partial charge in [0, 0.05) is 23.5 Å². The molecular weight excluding hydrogens is 290 g/mol. The predicted molar refractivity (Wildman–Crippen MR) is 68.9 cm³/mol. The van der Waals surface area contributed by atoms with Crippen LogP contribution in [0.1, 0.15) is 10.4 Å². The minimum Gasteiger partial charge on any atom is -0.398 e. The second-order valence-corrected chi connectivity index (χ2v) is 4.16. The Hall–Kier alpha value is -2.77. The van der Waals surface area contributed by atoms with Crippen molar-refractivity contribution in [2.45, 2.75) is 0 Å². The fourth-order valence-electron chi connectivity index (χ4n) is 1.68. The van der Waals surface area contributed by atoms with Crippen molar-refractivity contribution in [2.75, 3.05) is 11.1 Å². The summed E-state index contributed by atoms with van der Waals surface area (Å²) in [4.78, 5) is 11.1. The summed E-state index contributed by atoms with van der Waals surface area (Å²) in [7, 11) is 0. The monoisotopic (exact) mass is 299 g/mol. The molecule has 0 fully saturated rings. The number of halogens is 4. The van der Waals surface area contributed by atoms with Crippen LogP contribution in [-0.2, 0) is 0 Å². The van der Waals surface area contributed by atoms with Crippen LogP contribution in [0.25, 0.3) is 0 Å². The highest BCUT2D eigenvalue weighted by Crippen LogP contribution is 2.26. The normalized spacial score (nSPS) is 10.5. The molecule has 0 saturated carbocycles. The maximum atomic E-state index is 13.7. The van der Waals surface area contributed by atoms with Gasteiger partial charge >= 0.3 is 0 Å². The second-order valence-electron chi connectivity index (χ2n) is 4.16. The largest absolute Gasteiger partial charge is 0.398 e. The molecule has 0 aliphatic rings. The average Bonchev–Trinajstić information content (AvgIpc) is 2.38. The molecule has 0 radical (unpaired) electrons. The van der Waals surface area contributed by atoms with Gasteiger partial charge in [0.2, 0.25) is 0 Å². The lowest BCUT2D eigenvalue weighted by molar-refractivity contribution is 0.100. The van der Waals surface area contributed by atoms with E-state index in [-0.39, 0.29) is 22.6 Å². The number of hydrogen-bond donors (Lipinski definition) is 3. The Kier molecular flexibility index (Phi) is 3.70. The molecule has 0 aliphatic heterocycles. The fourth-order valence-corrected chi connectivity index (χ4v) is 1.68. The van der Waals surface area contributed by atoms with Gasteiger partial charge in [-0.25, -0.2) is 17.6 Å². The number of hydrogen-bond acceptors (Lipinski definition) is 3. The van der Waals surface area contributed by atoms with Crippen molar-refractivity contribution in [3.63, 3.8) is 0 Å². The van der Waals surface area contributed by atoms with Crippen molar-refractivity contribution in [1.29, 1.82) is 0 Å². The molecule has 1 amide bonds. The van der Waals surface area contributed by atoms with Crippen LogP contribution in [0, 0.1) is 23.3 Å². The van der Waals surface area contributed by atoms with Gasteiger partial charge in [-0.05, 0) is 12.1 Å². The maximum Gasteiger partial charge on any atom is 0.250 e. The van der Waals surface area contributed by atoms with Crippen LogP contribution >= 0.6 is 0 Å². The number of nitrogens with two attached hydrogens (primary N) is 2. The molecule has 8 heteroatoms. The van der Waals surface area contributed by atoms with Crippen LogP contribution in [0.5, 0.6) is 0 Å². The molecule has 2 rings (SSSR count). The van der Waals surface area contributed by atoms with Gasteiger partial charge < -0.3 is 16.8 Å². The maximum absolute atomic E-state index is 13.7. The summed E-state index contributed by atoms with van der Waals surface area (Å²) in [5.74, 6) is -6.29. The molecule has 0 aliphatic carbocycles. The van der Waals surface area contributed by atoms with Crippen molar-refractivity contribution in [3.8, 4) is 0 Å². The number of nitrogen functional groups attached to an aromatic ring is 1. The third kappa shape index (κ3) is 2.88.